The van der Waals surface area contributed by atoms with Crippen LogP contribution in [0.5, 0.6) is 0 Å². The number of hydrogen-bond acceptors (Lipinski definition) is 2. The van der Waals surface area contributed by atoms with E-state index in [0.717, 1.165) is 18.4 Å². The van der Waals surface area contributed by atoms with Crippen molar-refractivity contribution < 1.29 is 4.79 Å². The average molecular weight is 230 g/mol. The fraction of sp³-hybridized carbons (Fsp3) is 0.429. The fourth-order valence-corrected chi connectivity index (χ4v) is 1.61. The number of nitriles is 1. The van der Waals surface area contributed by atoms with E-state index in [-0.39, 0.29) is 11.9 Å². The van der Waals surface area contributed by atoms with E-state index in [0.29, 0.717) is 12.8 Å². The SMILES string of the molecule is CCC(CC#N)NC(=O)CCc1ccccc1. The molecule has 0 bridgehead atoms. The second kappa shape index (κ2) is 7.45. The molecular formula is C14H18N2O. The van der Waals surface area contributed by atoms with Crippen LogP contribution in [-0.2, 0) is 11.2 Å². The predicted molar refractivity (Wildman–Crippen MR) is 67.2 cm³/mol. The number of amides is 1. The van der Waals surface area contributed by atoms with E-state index in [2.05, 4.69) is 11.4 Å². The predicted octanol–water partition coefficient (Wildman–Crippen LogP) is 2.43. The van der Waals surface area contributed by atoms with Gasteiger partial charge < -0.3 is 5.32 Å². The van der Waals surface area contributed by atoms with Crippen molar-refractivity contribution >= 4 is 5.91 Å². The Morgan fingerprint density at radius 3 is 2.71 bits per heavy atom. The molecule has 0 saturated carbocycles. The topological polar surface area (TPSA) is 52.9 Å². The van der Waals surface area contributed by atoms with Gasteiger partial charge in [-0.3, -0.25) is 4.79 Å². The monoisotopic (exact) mass is 230 g/mol. The maximum absolute atomic E-state index is 11.6. The molecule has 0 saturated heterocycles. The van der Waals surface area contributed by atoms with Gasteiger partial charge in [0.25, 0.3) is 0 Å². The first-order valence-corrected chi connectivity index (χ1v) is 5.96. The second-order valence-electron chi connectivity index (χ2n) is 4.02. The molecule has 0 fully saturated rings. The Hall–Kier alpha value is -1.82. The number of aryl methyl sites for hydroxylation is 1. The van der Waals surface area contributed by atoms with Crippen molar-refractivity contribution in [3.63, 3.8) is 0 Å². The van der Waals surface area contributed by atoms with Crippen LogP contribution in [0, 0.1) is 11.3 Å². The molecule has 0 aromatic heterocycles. The molecule has 1 unspecified atom stereocenters. The minimum atomic E-state index is -0.0109. The maximum atomic E-state index is 11.6. The molecule has 0 aliphatic carbocycles. The zero-order valence-electron chi connectivity index (χ0n) is 10.1. The van der Waals surface area contributed by atoms with Gasteiger partial charge in [-0.2, -0.15) is 5.26 Å². The minimum absolute atomic E-state index is 0.0109. The number of carbonyl (C=O) groups is 1. The fourth-order valence-electron chi connectivity index (χ4n) is 1.61. The van der Waals surface area contributed by atoms with Gasteiger partial charge in [0.05, 0.1) is 12.5 Å². The zero-order chi connectivity index (χ0) is 12.5. The van der Waals surface area contributed by atoms with Gasteiger partial charge in [0, 0.05) is 12.5 Å². The zero-order valence-corrected chi connectivity index (χ0v) is 10.1. The summed E-state index contributed by atoms with van der Waals surface area (Å²) >= 11 is 0. The Kier molecular flexibility index (Phi) is 5.81. The van der Waals surface area contributed by atoms with Crippen LogP contribution in [0.25, 0.3) is 0 Å². The van der Waals surface area contributed by atoms with Gasteiger partial charge in [0.15, 0.2) is 0 Å². The van der Waals surface area contributed by atoms with Gasteiger partial charge in [0.1, 0.15) is 0 Å². The van der Waals surface area contributed by atoms with Gasteiger partial charge >= 0.3 is 0 Å². The molecule has 0 spiro atoms. The van der Waals surface area contributed by atoms with Gasteiger partial charge in [0.2, 0.25) is 5.91 Å². The van der Waals surface area contributed by atoms with Crippen LogP contribution >= 0.6 is 0 Å². The summed E-state index contributed by atoms with van der Waals surface area (Å²) in [7, 11) is 0. The van der Waals surface area contributed by atoms with E-state index in [4.69, 9.17) is 5.26 Å². The third-order valence-electron chi connectivity index (χ3n) is 2.68. The number of hydrogen-bond donors (Lipinski definition) is 1. The van der Waals surface area contributed by atoms with E-state index >= 15 is 0 Å². The van der Waals surface area contributed by atoms with Crippen molar-refractivity contribution in [3.05, 3.63) is 35.9 Å². The lowest BCUT2D eigenvalue weighted by Crippen LogP contribution is -2.34. The van der Waals surface area contributed by atoms with Crippen molar-refractivity contribution in [3.8, 4) is 6.07 Å². The first-order valence-electron chi connectivity index (χ1n) is 5.96. The van der Waals surface area contributed by atoms with Gasteiger partial charge in [-0.1, -0.05) is 37.3 Å². The minimum Gasteiger partial charge on any atom is -0.352 e. The number of rotatable bonds is 6. The molecule has 3 heteroatoms. The van der Waals surface area contributed by atoms with E-state index in [9.17, 15) is 4.79 Å². The lowest BCUT2D eigenvalue weighted by Gasteiger charge is -2.13. The molecule has 1 amide bonds. The van der Waals surface area contributed by atoms with Crippen LogP contribution in [0.4, 0.5) is 0 Å². The lowest BCUT2D eigenvalue weighted by molar-refractivity contribution is -0.121. The first kappa shape index (κ1) is 13.2. The Morgan fingerprint density at radius 1 is 1.41 bits per heavy atom. The summed E-state index contributed by atoms with van der Waals surface area (Å²) in [6.07, 6.45) is 2.40. The van der Waals surface area contributed by atoms with Crippen LogP contribution < -0.4 is 5.32 Å². The number of benzene rings is 1. The molecule has 0 aliphatic rings. The van der Waals surface area contributed by atoms with Crippen LogP contribution in [0.3, 0.4) is 0 Å². The highest BCUT2D eigenvalue weighted by Gasteiger charge is 2.09. The van der Waals surface area contributed by atoms with E-state index < -0.39 is 0 Å². The maximum Gasteiger partial charge on any atom is 0.220 e. The largest absolute Gasteiger partial charge is 0.352 e. The second-order valence-corrected chi connectivity index (χ2v) is 4.02. The highest BCUT2D eigenvalue weighted by molar-refractivity contribution is 5.76. The van der Waals surface area contributed by atoms with Crippen LogP contribution in [0.1, 0.15) is 31.7 Å². The third kappa shape index (κ3) is 5.17. The number of nitrogens with one attached hydrogen (secondary N) is 1. The molecule has 90 valence electrons. The summed E-state index contributed by atoms with van der Waals surface area (Å²) in [5.74, 6) is 0.0240. The number of carbonyl (C=O) groups excluding carboxylic acids is 1. The normalized spacial score (nSPS) is 11.5. The van der Waals surface area contributed by atoms with Crippen LogP contribution in [0.2, 0.25) is 0 Å². The van der Waals surface area contributed by atoms with Gasteiger partial charge in [-0.05, 0) is 18.4 Å². The molecule has 0 aliphatic heterocycles. The lowest BCUT2D eigenvalue weighted by atomic mass is 10.1. The van der Waals surface area contributed by atoms with Crippen LogP contribution in [0.15, 0.2) is 30.3 Å². The van der Waals surface area contributed by atoms with Crippen molar-refractivity contribution in [2.24, 2.45) is 0 Å². The molecule has 0 radical (unpaired) electrons. The first-order chi connectivity index (χ1) is 8.26. The molecule has 17 heavy (non-hydrogen) atoms. The van der Waals surface area contributed by atoms with E-state index in [1.807, 2.05) is 37.3 Å². The quantitative estimate of drug-likeness (QED) is 0.816. The summed E-state index contributed by atoms with van der Waals surface area (Å²) in [6.45, 7) is 1.97. The molecule has 1 rings (SSSR count). The molecular weight excluding hydrogens is 212 g/mol. The smallest absolute Gasteiger partial charge is 0.220 e. The Labute approximate surface area is 102 Å². The molecule has 1 N–H and O–H groups in total. The van der Waals surface area contributed by atoms with Crippen molar-refractivity contribution in [1.29, 1.82) is 5.26 Å². The number of nitrogens with zero attached hydrogens (tertiary/aromatic N) is 1. The van der Waals surface area contributed by atoms with Crippen molar-refractivity contribution in [2.75, 3.05) is 0 Å². The summed E-state index contributed by atoms with van der Waals surface area (Å²) in [5.41, 5.74) is 1.16. The summed E-state index contributed by atoms with van der Waals surface area (Å²) < 4.78 is 0. The molecule has 3 nitrogen and oxygen atoms in total. The van der Waals surface area contributed by atoms with Gasteiger partial charge in [-0.25, -0.2) is 0 Å². The summed E-state index contributed by atoms with van der Waals surface area (Å²) in [6, 6.07) is 12.0. The molecule has 1 aromatic rings. The Bertz CT molecular complexity index is 381. The van der Waals surface area contributed by atoms with E-state index in [1.165, 1.54) is 0 Å². The highest BCUT2D eigenvalue weighted by Crippen LogP contribution is 2.03. The van der Waals surface area contributed by atoms with E-state index in [1.54, 1.807) is 0 Å². The molecule has 0 heterocycles. The molecule has 1 atom stereocenters. The molecule has 1 aromatic carbocycles. The summed E-state index contributed by atoms with van der Waals surface area (Å²) in [5, 5.41) is 11.5. The standard InChI is InChI=1S/C14H18N2O/c1-2-13(10-11-15)16-14(17)9-8-12-6-4-3-5-7-12/h3-7,13H,2,8-10H2,1H3,(H,16,17). The van der Waals surface area contributed by atoms with Crippen molar-refractivity contribution in [1.82, 2.24) is 5.32 Å². The highest BCUT2D eigenvalue weighted by atomic mass is 16.1. The van der Waals surface area contributed by atoms with Crippen LogP contribution in [-0.4, -0.2) is 11.9 Å². The van der Waals surface area contributed by atoms with Crippen molar-refractivity contribution in [2.45, 2.75) is 38.6 Å². The summed E-state index contributed by atoms with van der Waals surface area (Å²) in [4.78, 5) is 11.6. The average Bonchev–Trinajstić information content (AvgIpc) is 2.37. The third-order valence-corrected chi connectivity index (χ3v) is 2.68. The Morgan fingerprint density at radius 2 is 2.12 bits per heavy atom. The Balaban J connectivity index is 2.33. The van der Waals surface area contributed by atoms with Gasteiger partial charge in [-0.15, -0.1) is 0 Å².